The van der Waals surface area contributed by atoms with Crippen LogP contribution in [-0.4, -0.2) is 39.4 Å². The highest BCUT2D eigenvalue weighted by Gasteiger charge is 2.33. The fourth-order valence-corrected chi connectivity index (χ4v) is 6.74. The van der Waals surface area contributed by atoms with Gasteiger partial charge in [0.25, 0.3) is 5.91 Å². The van der Waals surface area contributed by atoms with E-state index in [4.69, 9.17) is 11.5 Å². The quantitative estimate of drug-likeness (QED) is 0.343. The number of benzene rings is 1. The highest BCUT2D eigenvalue weighted by Crippen LogP contribution is 2.41. The molecule has 4 rings (SSSR count). The van der Waals surface area contributed by atoms with Crippen molar-refractivity contribution < 1.29 is 20.1 Å². The minimum absolute atomic E-state index is 0.104. The van der Waals surface area contributed by atoms with E-state index in [1.165, 1.54) is 63.5 Å². The van der Waals surface area contributed by atoms with E-state index in [0.29, 0.717) is 23.9 Å². The molecule has 0 bridgehead atoms. The van der Waals surface area contributed by atoms with Gasteiger partial charge in [0.2, 0.25) is 0 Å². The monoisotopic (exact) mass is 473 g/mol. The maximum atomic E-state index is 12.5. The number of amides is 1. The lowest BCUT2D eigenvalue weighted by Gasteiger charge is -2.39. The van der Waals surface area contributed by atoms with Gasteiger partial charge in [-0.2, -0.15) is 0 Å². The maximum absolute atomic E-state index is 12.5. The Morgan fingerprint density at radius 2 is 1.35 bits per heavy atom. The fraction of sp³-hybridized carbons (Fsp3) is 0.741. The molecular weight excluding hydrogens is 430 g/mol. The summed E-state index contributed by atoms with van der Waals surface area (Å²) in [5.74, 6) is 1.03. The first kappa shape index (κ1) is 25.1. The zero-order chi connectivity index (χ0) is 24.2. The Kier molecular flexibility index (Phi) is 8.25. The largest absolute Gasteiger partial charge is 0.504 e. The lowest BCUT2D eigenvalue weighted by Crippen LogP contribution is -2.40. The summed E-state index contributed by atoms with van der Waals surface area (Å²) in [5, 5.41) is 31.8. The third-order valence-electron chi connectivity index (χ3n) is 8.86. The molecule has 3 unspecified atom stereocenters. The molecule has 1 aromatic carbocycles. The van der Waals surface area contributed by atoms with E-state index in [-0.39, 0.29) is 17.5 Å². The number of nitrogens with one attached hydrogen (secondary N) is 1. The first-order valence-electron chi connectivity index (χ1n) is 13.4. The molecule has 7 heteroatoms. The number of aromatic hydroxyl groups is 3. The second-order valence-corrected chi connectivity index (χ2v) is 11.4. The van der Waals surface area contributed by atoms with Gasteiger partial charge in [0.05, 0.1) is 0 Å². The Labute approximate surface area is 203 Å². The fourth-order valence-electron chi connectivity index (χ4n) is 6.74. The Morgan fingerprint density at radius 1 is 0.794 bits per heavy atom. The maximum Gasteiger partial charge on any atom is 0.251 e. The van der Waals surface area contributed by atoms with Crippen molar-refractivity contribution in [3.8, 4) is 17.2 Å². The van der Waals surface area contributed by atoms with E-state index < -0.39 is 17.2 Å². The molecular formula is C27H43N3O4. The number of phenolic OH excluding ortho intramolecular Hbond substituents is 3. The van der Waals surface area contributed by atoms with Crippen LogP contribution in [0, 0.1) is 23.7 Å². The molecule has 1 amide bonds. The summed E-state index contributed by atoms with van der Waals surface area (Å²) in [7, 11) is 0. The molecule has 3 fully saturated rings. The highest BCUT2D eigenvalue weighted by atomic mass is 16.3. The van der Waals surface area contributed by atoms with Crippen molar-refractivity contribution >= 4 is 5.91 Å². The van der Waals surface area contributed by atoms with E-state index in [1.54, 1.807) is 0 Å². The van der Waals surface area contributed by atoms with E-state index in [1.807, 2.05) is 0 Å². The summed E-state index contributed by atoms with van der Waals surface area (Å²) in [5.41, 5.74) is 12.8. The SMILES string of the molecule is NC1CCC(CC2CC(CC3CCC(NC(=O)c4cc(O)c(O)c(O)c4)CC3)CCC2N)CC1. The molecule has 0 radical (unpaired) electrons. The number of nitrogens with two attached hydrogens (primary N) is 2. The summed E-state index contributed by atoms with van der Waals surface area (Å²) in [4.78, 5) is 12.5. The van der Waals surface area contributed by atoms with Crippen LogP contribution in [-0.2, 0) is 0 Å². The van der Waals surface area contributed by atoms with Crippen molar-refractivity contribution in [2.45, 2.75) is 102 Å². The third-order valence-corrected chi connectivity index (χ3v) is 8.86. The molecule has 3 saturated carbocycles. The van der Waals surface area contributed by atoms with Gasteiger partial charge in [0.1, 0.15) is 0 Å². The molecule has 1 aromatic rings. The number of rotatable bonds is 6. The van der Waals surface area contributed by atoms with Gasteiger partial charge >= 0.3 is 0 Å². The Balaban J connectivity index is 1.21. The molecule has 8 N–H and O–H groups in total. The minimum Gasteiger partial charge on any atom is -0.504 e. The van der Waals surface area contributed by atoms with Crippen LogP contribution in [0.2, 0.25) is 0 Å². The van der Waals surface area contributed by atoms with Gasteiger partial charge in [0.15, 0.2) is 17.2 Å². The average molecular weight is 474 g/mol. The van der Waals surface area contributed by atoms with Crippen molar-refractivity contribution in [1.82, 2.24) is 5.32 Å². The second kappa shape index (κ2) is 11.2. The zero-order valence-corrected chi connectivity index (χ0v) is 20.3. The normalized spacial score (nSPS) is 34.5. The van der Waals surface area contributed by atoms with Crippen molar-refractivity contribution in [3.63, 3.8) is 0 Å². The summed E-state index contributed by atoms with van der Waals surface area (Å²) < 4.78 is 0. The summed E-state index contributed by atoms with van der Waals surface area (Å²) in [6.45, 7) is 0. The van der Waals surface area contributed by atoms with Gasteiger partial charge in [-0.15, -0.1) is 0 Å². The zero-order valence-electron chi connectivity index (χ0n) is 20.3. The van der Waals surface area contributed by atoms with E-state index in [0.717, 1.165) is 43.9 Å². The van der Waals surface area contributed by atoms with Crippen molar-refractivity contribution in [2.24, 2.45) is 35.1 Å². The summed E-state index contributed by atoms with van der Waals surface area (Å²) in [6.07, 6.45) is 15.2. The van der Waals surface area contributed by atoms with Crippen molar-refractivity contribution in [1.29, 1.82) is 0 Å². The Hall–Kier alpha value is -1.99. The van der Waals surface area contributed by atoms with Crippen molar-refractivity contribution in [3.05, 3.63) is 17.7 Å². The lowest BCUT2D eigenvalue weighted by atomic mass is 9.69. The van der Waals surface area contributed by atoms with Crippen molar-refractivity contribution in [2.75, 3.05) is 0 Å². The predicted octanol–water partition coefficient (Wildman–Crippen LogP) is 4.13. The van der Waals surface area contributed by atoms with Crippen LogP contribution in [0.5, 0.6) is 17.2 Å². The van der Waals surface area contributed by atoms with Crippen LogP contribution in [0.1, 0.15) is 93.8 Å². The molecule has 0 aromatic heterocycles. The van der Waals surface area contributed by atoms with Gasteiger partial charge in [-0.25, -0.2) is 0 Å². The van der Waals surface area contributed by atoms with Gasteiger partial charge < -0.3 is 32.1 Å². The van der Waals surface area contributed by atoms with Crippen LogP contribution in [0.15, 0.2) is 12.1 Å². The molecule has 7 nitrogen and oxygen atoms in total. The van der Waals surface area contributed by atoms with Crippen LogP contribution in [0.3, 0.4) is 0 Å². The Morgan fingerprint density at radius 3 is 2.00 bits per heavy atom. The van der Waals surface area contributed by atoms with Crippen LogP contribution >= 0.6 is 0 Å². The van der Waals surface area contributed by atoms with E-state index >= 15 is 0 Å². The number of hydrogen-bond donors (Lipinski definition) is 6. The summed E-state index contributed by atoms with van der Waals surface area (Å²) in [6, 6.07) is 3.23. The lowest BCUT2D eigenvalue weighted by molar-refractivity contribution is 0.0914. The number of hydrogen-bond acceptors (Lipinski definition) is 6. The second-order valence-electron chi connectivity index (χ2n) is 11.4. The standard InChI is InChI=1S/C27H43N3O4/c28-21-6-1-17(2-7-21)12-19-13-18(5-10-23(19)29)11-16-3-8-22(9-4-16)30-27(34)20-14-24(31)26(33)25(32)15-20/h14-19,21-23,31-33H,1-13,28-29H2,(H,30,34). The first-order valence-corrected chi connectivity index (χ1v) is 13.4. The first-order chi connectivity index (χ1) is 16.3. The Bertz CT molecular complexity index is 808. The highest BCUT2D eigenvalue weighted by molar-refractivity contribution is 5.95. The average Bonchev–Trinajstić information content (AvgIpc) is 2.82. The molecule has 3 atom stereocenters. The molecule has 34 heavy (non-hydrogen) atoms. The van der Waals surface area contributed by atoms with Gasteiger partial charge in [-0.3, -0.25) is 4.79 Å². The smallest absolute Gasteiger partial charge is 0.251 e. The predicted molar refractivity (Wildman–Crippen MR) is 133 cm³/mol. The van der Waals surface area contributed by atoms with E-state index in [9.17, 15) is 20.1 Å². The van der Waals surface area contributed by atoms with Gasteiger partial charge in [-0.05, 0) is 119 Å². The summed E-state index contributed by atoms with van der Waals surface area (Å²) >= 11 is 0. The number of carbonyl (C=O) groups excluding carboxylic acids is 1. The van der Waals surface area contributed by atoms with Crippen LogP contribution < -0.4 is 16.8 Å². The number of phenols is 3. The van der Waals surface area contributed by atoms with Crippen LogP contribution in [0.25, 0.3) is 0 Å². The van der Waals surface area contributed by atoms with Gasteiger partial charge in [0, 0.05) is 23.7 Å². The minimum atomic E-state index is -0.606. The molecule has 0 spiro atoms. The molecule has 0 aliphatic heterocycles. The topological polar surface area (TPSA) is 142 Å². The molecule has 0 saturated heterocycles. The third kappa shape index (κ3) is 6.36. The van der Waals surface area contributed by atoms with E-state index in [2.05, 4.69) is 5.32 Å². The van der Waals surface area contributed by atoms with Crippen LogP contribution in [0.4, 0.5) is 0 Å². The molecule has 3 aliphatic carbocycles. The molecule has 190 valence electrons. The van der Waals surface area contributed by atoms with Gasteiger partial charge in [-0.1, -0.05) is 0 Å². The number of carbonyl (C=O) groups is 1. The molecule has 3 aliphatic rings. The molecule has 0 heterocycles.